The first kappa shape index (κ1) is 8.19. The molecular weight excluding hydrogens is 173 g/mol. The van der Waals surface area contributed by atoms with Crippen LogP contribution in [0.5, 0.6) is 0 Å². The lowest BCUT2D eigenvalue weighted by molar-refractivity contribution is -0.193. The van der Waals surface area contributed by atoms with Crippen LogP contribution in [0.4, 0.5) is 4.39 Å². The van der Waals surface area contributed by atoms with Crippen LogP contribution in [0.15, 0.2) is 29.4 Å². The Balaban J connectivity index is 2.30. The van der Waals surface area contributed by atoms with E-state index in [-0.39, 0.29) is 5.82 Å². The lowest BCUT2D eigenvalue weighted by Gasteiger charge is -2.19. The van der Waals surface area contributed by atoms with Gasteiger partial charge in [-0.25, -0.2) is 4.39 Å². The molecule has 3 nitrogen and oxygen atoms in total. The van der Waals surface area contributed by atoms with E-state index < -0.39 is 5.79 Å². The van der Waals surface area contributed by atoms with E-state index in [0.717, 1.165) is 0 Å². The van der Waals surface area contributed by atoms with Crippen molar-refractivity contribution in [1.82, 2.24) is 0 Å². The highest BCUT2D eigenvalue weighted by Gasteiger charge is 2.34. The second kappa shape index (κ2) is 2.81. The van der Waals surface area contributed by atoms with Gasteiger partial charge in [0, 0.05) is 5.56 Å². The molecule has 4 heteroatoms. The van der Waals surface area contributed by atoms with Crippen LogP contribution in [-0.4, -0.2) is 11.3 Å². The largest absolute Gasteiger partial charge is 0.355 e. The van der Waals surface area contributed by atoms with Gasteiger partial charge in [0.1, 0.15) is 5.82 Å². The van der Waals surface area contributed by atoms with E-state index in [1.807, 2.05) is 0 Å². The Morgan fingerprint density at radius 3 is 2.62 bits per heavy atom. The van der Waals surface area contributed by atoms with Gasteiger partial charge in [0.25, 0.3) is 5.79 Å². The minimum atomic E-state index is -1.41. The first-order valence-corrected chi connectivity index (χ1v) is 3.89. The zero-order chi connectivity index (χ0) is 9.31. The van der Waals surface area contributed by atoms with Gasteiger partial charge in [0.2, 0.25) is 0 Å². The third-order valence-corrected chi connectivity index (χ3v) is 1.94. The van der Waals surface area contributed by atoms with Crippen molar-refractivity contribution in [1.29, 1.82) is 0 Å². The molecule has 0 aliphatic carbocycles. The molecular formula is C9H8FNO2. The van der Waals surface area contributed by atoms with Gasteiger partial charge in [0.15, 0.2) is 0 Å². The Labute approximate surface area is 74.4 Å². The summed E-state index contributed by atoms with van der Waals surface area (Å²) in [6.45, 7) is 0. The Morgan fingerprint density at radius 1 is 1.38 bits per heavy atom. The number of nitrogens with zero attached hydrogens (tertiary/aromatic N) is 1. The van der Waals surface area contributed by atoms with E-state index in [1.54, 1.807) is 0 Å². The molecule has 1 heterocycles. The molecule has 1 atom stereocenters. The molecule has 1 aromatic rings. The topological polar surface area (TPSA) is 41.8 Å². The molecule has 13 heavy (non-hydrogen) atoms. The first-order chi connectivity index (χ1) is 6.21. The zero-order valence-corrected chi connectivity index (χ0v) is 6.77. The molecule has 2 rings (SSSR count). The van der Waals surface area contributed by atoms with E-state index in [2.05, 4.69) is 5.16 Å². The lowest BCUT2D eigenvalue weighted by Crippen LogP contribution is -2.24. The Hall–Kier alpha value is -1.42. The fraction of sp³-hybridized carbons (Fsp3) is 0.222. The molecule has 68 valence electrons. The molecule has 0 radical (unpaired) electrons. The summed E-state index contributed by atoms with van der Waals surface area (Å²) < 4.78 is 12.5. The second-order valence-corrected chi connectivity index (χ2v) is 2.87. The summed E-state index contributed by atoms with van der Waals surface area (Å²) in [5.41, 5.74) is 0.506. The molecule has 1 aliphatic heterocycles. The van der Waals surface area contributed by atoms with Gasteiger partial charge in [-0.1, -0.05) is 5.16 Å². The van der Waals surface area contributed by atoms with E-state index in [4.69, 9.17) is 4.84 Å². The highest BCUT2D eigenvalue weighted by molar-refractivity contribution is 5.60. The molecule has 0 aromatic heterocycles. The highest BCUT2D eigenvalue weighted by atomic mass is 19.1. The van der Waals surface area contributed by atoms with Crippen LogP contribution in [0.2, 0.25) is 0 Å². The van der Waals surface area contributed by atoms with Crippen LogP contribution in [0.3, 0.4) is 0 Å². The standard InChI is InChI=1S/C9H8FNO2/c10-8-3-1-7(2-4-8)9(12)5-6-11-13-9/h1-4,6,12H,5H2. The van der Waals surface area contributed by atoms with Crippen LogP contribution in [0.25, 0.3) is 0 Å². The summed E-state index contributed by atoms with van der Waals surface area (Å²) >= 11 is 0. The van der Waals surface area contributed by atoms with Crippen molar-refractivity contribution in [2.24, 2.45) is 5.16 Å². The van der Waals surface area contributed by atoms with E-state index in [0.29, 0.717) is 12.0 Å². The fourth-order valence-corrected chi connectivity index (χ4v) is 1.20. The molecule has 0 saturated heterocycles. The number of hydrogen-bond acceptors (Lipinski definition) is 3. The Morgan fingerprint density at radius 2 is 2.08 bits per heavy atom. The van der Waals surface area contributed by atoms with Crippen molar-refractivity contribution < 1.29 is 14.3 Å². The van der Waals surface area contributed by atoms with Crippen molar-refractivity contribution in [3.63, 3.8) is 0 Å². The summed E-state index contributed by atoms with van der Waals surface area (Å²) in [5, 5.41) is 13.3. The first-order valence-electron chi connectivity index (χ1n) is 3.89. The molecule has 1 aromatic carbocycles. The van der Waals surface area contributed by atoms with Gasteiger partial charge in [-0.3, -0.25) is 0 Å². The Bertz CT molecular complexity index is 326. The molecule has 0 amide bonds. The predicted octanol–water partition coefficient (Wildman–Crippen LogP) is 1.38. The van der Waals surface area contributed by atoms with Gasteiger partial charge in [-0.2, -0.15) is 0 Å². The van der Waals surface area contributed by atoms with Crippen molar-refractivity contribution in [3.05, 3.63) is 35.6 Å². The number of halogens is 1. The highest BCUT2D eigenvalue weighted by Crippen LogP contribution is 2.29. The number of benzene rings is 1. The lowest BCUT2D eigenvalue weighted by atomic mass is 10.0. The normalized spacial score (nSPS) is 26.0. The molecule has 0 spiro atoms. The van der Waals surface area contributed by atoms with E-state index >= 15 is 0 Å². The van der Waals surface area contributed by atoms with Gasteiger partial charge < -0.3 is 9.94 Å². The zero-order valence-electron chi connectivity index (χ0n) is 6.77. The molecule has 1 aliphatic rings. The second-order valence-electron chi connectivity index (χ2n) is 2.87. The van der Waals surface area contributed by atoms with Crippen LogP contribution in [-0.2, 0) is 10.6 Å². The maximum atomic E-state index is 12.5. The summed E-state index contributed by atoms with van der Waals surface area (Å²) in [6.07, 6.45) is 1.77. The van der Waals surface area contributed by atoms with Crippen molar-refractivity contribution >= 4 is 6.21 Å². The molecule has 1 unspecified atom stereocenters. The van der Waals surface area contributed by atoms with Crippen LogP contribution in [0.1, 0.15) is 12.0 Å². The van der Waals surface area contributed by atoms with Crippen LogP contribution >= 0.6 is 0 Å². The van der Waals surface area contributed by atoms with Crippen molar-refractivity contribution in [2.75, 3.05) is 0 Å². The third kappa shape index (κ3) is 1.40. The number of hydrogen-bond donors (Lipinski definition) is 1. The average Bonchev–Trinajstić information content (AvgIpc) is 2.54. The third-order valence-electron chi connectivity index (χ3n) is 1.94. The van der Waals surface area contributed by atoms with Gasteiger partial charge in [0.05, 0.1) is 12.6 Å². The van der Waals surface area contributed by atoms with E-state index in [1.165, 1.54) is 30.5 Å². The molecule has 0 saturated carbocycles. The molecule has 0 fully saturated rings. The van der Waals surface area contributed by atoms with E-state index in [9.17, 15) is 9.50 Å². The van der Waals surface area contributed by atoms with Gasteiger partial charge in [-0.05, 0) is 24.3 Å². The summed E-state index contributed by atoms with van der Waals surface area (Å²) in [4.78, 5) is 4.77. The minimum absolute atomic E-state index is 0.290. The monoisotopic (exact) mass is 181 g/mol. The maximum Gasteiger partial charge on any atom is 0.265 e. The number of aliphatic hydroxyl groups is 1. The van der Waals surface area contributed by atoms with Crippen LogP contribution in [0, 0.1) is 5.82 Å². The van der Waals surface area contributed by atoms with Crippen molar-refractivity contribution in [3.8, 4) is 0 Å². The van der Waals surface area contributed by atoms with Gasteiger partial charge in [-0.15, -0.1) is 0 Å². The minimum Gasteiger partial charge on any atom is -0.355 e. The smallest absolute Gasteiger partial charge is 0.265 e. The summed E-state index contributed by atoms with van der Waals surface area (Å²) in [7, 11) is 0. The summed E-state index contributed by atoms with van der Waals surface area (Å²) in [5.74, 6) is -1.75. The number of oxime groups is 1. The SMILES string of the molecule is OC1(c2ccc(F)cc2)CC=NO1. The number of rotatable bonds is 1. The average molecular weight is 181 g/mol. The Kier molecular flexibility index (Phi) is 1.77. The summed E-state index contributed by atoms with van der Waals surface area (Å²) in [6, 6.07) is 5.50. The maximum absolute atomic E-state index is 12.5. The molecule has 0 bridgehead atoms. The van der Waals surface area contributed by atoms with Gasteiger partial charge >= 0.3 is 0 Å². The quantitative estimate of drug-likeness (QED) is 0.711. The molecule has 1 N–H and O–H groups in total. The predicted molar refractivity (Wildman–Crippen MR) is 44.5 cm³/mol. The van der Waals surface area contributed by atoms with Crippen LogP contribution < -0.4 is 0 Å². The van der Waals surface area contributed by atoms with Crippen molar-refractivity contribution in [2.45, 2.75) is 12.2 Å². The fourth-order valence-electron chi connectivity index (χ4n) is 1.20.